The van der Waals surface area contributed by atoms with Gasteiger partial charge in [-0.1, -0.05) is 18.2 Å². The van der Waals surface area contributed by atoms with Crippen molar-refractivity contribution in [1.29, 1.82) is 0 Å². The number of benzene rings is 1. The van der Waals surface area contributed by atoms with Crippen LogP contribution in [0.25, 0.3) is 0 Å². The van der Waals surface area contributed by atoms with Crippen LogP contribution < -0.4 is 10.6 Å². The highest BCUT2D eigenvalue weighted by Crippen LogP contribution is 2.25. The van der Waals surface area contributed by atoms with Crippen molar-refractivity contribution < 1.29 is 4.79 Å². The van der Waals surface area contributed by atoms with E-state index in [0.717, 1.165) is 23.4 Å². The Kier molecular flexibility index (Phi) is 3.41. The number of fused-ring (bicyclic) bond motifs is 1. The van der Waals surface area contributed by atoms with Gasteiger partial charge in [-0.2, -0.15) is 5.10 Å². The molecule has 1 aromatic carbocycles. The molecule has 1 aliphatic heterocycles. The largest absolute Gasteiger partial charge is 0.373 e. The number of rotatable bonds is 3. The van der Waals surface area contributed by atoms with Crippen molar-refractivity contribution in [3.05, 3.63) is 47.3 Å². The monoisotopic (exact) mass is 284 g/mol. The lowest BCUT2D eigenvalue weighted by Crippen LogP contribution is -2.39. The number of hydrogen-bond acceptors (Lipinski definition) is 3. The SMILES string of the molecule is Cc1c(C(C)NC(=O)[C@@H]2Cc3ccccc3N2)cnn1C. The van der Waals surface area contributed by atoms with Gasteiger partial charge in [-0.15, -0.1) is 0 Å². The minimum Gasteiger partial charge on any atom is -0.373 e. The molecule has 2 atom stereocenters. The van der Waals surface area contributed by atoms with Crippen LogP contribution in [0, 0.1) is 6.92 Å². The van der Waals surface area contributed by atoms with Gasteiger partial charge in [0, 0.05) is 30.4 Å². The fourth-order valence-electron chi connectivity index (χ4n) is 2.79. The molecule has 0 bridgehead atoms. The second-order valence-electron chi connectivity index (χ2n) is 5.60. The second-order valence-corrected chi connectivity index (χ2v) is 5.60. The van der Waals surface area contributed by atoms with Crippen molar-refractivity contribution >= 4 is 11.6 Å². The number of carbonyl (C=O) groups excluding carboxylic acids is 1. The number of nitrogens with zero attached hydrogens (tertiary/aromatic N) is 2. The highest BCUT2D eigenvalue weighted by Gasteiger charge is 2.27. The summed E-state index contributed by atoms with van der Waals surface area (Å²) >= 11 is 0. The zero-order valence-electron chi connectivity index (χ0n) is 12.6. The van der Waals surface area contributed by atoms with Gasteiger partial charge in [0.05, 0.1) is 12.2 Å². The zero-order chi connectivity index (χ0) is 15.0. The number of anilines is 1. The molecule has 110 valence electrons. The fourth-order valence-corrected chi connectivity index (χ4v) is 2.79. The lowest BCUT2D eigenvalue weighted by molar-refractivity contribution is -0.122. The van der Waals surface area contributed by atoms with E-state index in [9.17, 15) is 4.79 Å². The minimum atomic E-state index is -0.193. The molecule has 21 heavy (non-hydrogen) atoms. The van der Waals surface area contributed by atoms with Gasteiger partial charge in [-0.3, -0.25) is 9.48 Å². The van der Waals surface area contributed by atoms with Crippen LogP contribution in [0.15, 0.2) is 30.5 Å². The van der Waals surface area contributed by atoms with Gasteiger partial charge < -0.3 is 10.6 Å². The molecule has 2 heterocycles. The van der Waals surface area contributed by atoms with Crippen molar-refractivity contribution in [1.82, 2.24) is 15.1 Å². The third-order valence-corrected chi connectivity index (χ3v) is 4.19. The summed E-state index contributed by atoms with van der Waals surface area (Å²) in [6.45, 7) is 4.00. The molecule has 0 saturated carbocycles. The molecule has 1 unspecified atom stereocenters. The summed E-state index contributed by atoms with van der Waals surface area (Å²) in [4.78, 5) is 12.4. The Balaban J connectivity index is 1.67. The molecule has 0 saturated heterocycles. The average molecular weight is 284 g/mol. The zero-order valence-corrected chi connectivity index (χ0v) is 12.6. The summed E-state index contributed by atoms with van der Waals surface area (Å²) in [7, 11) is 1.91. The number of carbonyl (C=O) groups is 1. The van der Waals surface area contributed by atoms with Crippen molar-refractivity contribution in [2.45, 2.75) is 32.4 Å². The van der Waals surface area contributed by atoms with Gasteiger partial charge in [0.25, 0.3) is 0 Å². The van der Waals surface area contributed by atoms with E-state index in [4.69, 9.17) is 0 Å². The third-order valence-electron chi connectivity index (χ3n) is 4.19. The second kappa shape index (κ2) is 5.24. The molecule has 1 amide bonds. The number of para-hydroxylation sites is 1. The van der Waals surface area contributed by atoms with Crippen molar-refractivity contribution in [3.8, 4) is 0 Å². The maximum absolute atomic E-state index is 12.4. The maximum atomic E-state index is 12.4. The normalized spacial score (nSPS) is 18.0. The van der Waals surface area contributed by atoms with Crippen LogP contribution in [-0.4, -0.2) is 21.7 Å². The van der Waals surface area contributed by atoms with E-state index in [1.165, 1.54) is 5.56 Å². The third kappa shape index (κ3) is 2.51. The van der Waals surface area contributed by atoms with Crippen LogP contribution in [0.1, 0.15) is 29.8 Å². The first-order chi connectivity index (χ1) is 10.1. The number of amides is 1. The van der Waals surface area contributed by atoms with Gasteiger partial charge in [0.15, 0.2) is 0 Å². The number of nitrogens with one attached hydrogen (secondary N) is 2. The fraction of sp³-hybridized carbons (Fsp3) is 0.375. The standard InChI is InChI=1S/C16H20N4O/c1-10(13-9-17-20(3)11(13)2)18-16(21)15-8-12-6-4-5-7-14(12)19-15/h4-7,9-10,15,19H,8H2,1-3H3,(H,18,21)/t10?,15-/m0/s1. The van der Waals surface area contributed by atoms with Crippen LogP contribution in [0.2, 0.25) is 0 Å². The highest BCUT2D eigenvalue weighted by atomic mass is 16.2. The Bertz CT molecular complexity index is 652. The molecule has 0 aliphatic carbocycles. The maximum Gasteiger partial charge on any atom is 0.243 e. The lowest BCUT2D eigenvalue weighted by atomic mass is 10.1. The summed E-state index contributed by atoms with van der Waals surface area (Å²) in [5.41, 5.74) is 4.39. The molecule has 1 aliphatic rings. The number of hydrogen-bond donors (Lipinski definition) is 2. The Hall–Kier alpha value is -2.30. The molecular formula is C16H20N4O. The van der Waals surface area contributed by atoms with E-state index in [0.29, 0.717) is 0 Å². The van der Waals surface area contributed by atoms with E-state index in [2.05, 4.69) is 21.8 Å². The number of aromatic nitrogens is 2. The topological polar surface area (TPSA) is 59.0 Å². The molecule has 0 radical (unpaired) electrons. The Labute approximate surface area is 124 Å². The van der Waals surface area contributed by atoms with E-state index >= 15 is 0 Å². The van der Waals surface area contributed by atoms with Crippen LogP contribution >= 0.6 is 0 Å². The summed E-state index contributed by atoms with van der Waals surface area (Å²) in [5.74, 6) is 0.0296. The summed E-state index contributed by atoms with van der Waals surface area (Å²) in [5, 5.41) is 10.6. The van der Waals surface area contributed by atoms with Gasteiger partial charge in [0.2, 0.25) is 5.91 Å². The van der Waals surface area contributed by atoms with E-state index in [1.807, 2.05) is 50.0 Å². The van der Waals surface area contributed by atoms with Gasteiger partial charge >= 0.3 is 0 Å². The lowest BCUT2D eigenvalue weighted by Gasteiger charge is -2.17. The first kappa shape index (κ1) is 13.7. The summed E-state index contributed by atoms with van der Waals surface area (Å²) < 4.78 is 1.82. The van der Waals surface area contributed by atoms with Crippen LogP contribution in [0.4, 0.5) is 5.69 Å². The molecular weight excluding hydrogens is 264 g/mol. The van der Waals surface area contributed by atoms with Crippen molar-refractivity contribution in [3.63, 3.8) is 0 Å². The molecule has 0 fully saturated rings. The summed E-state index contributed by atoms with van der Waals surface area (Å²) in [6, 6.07) is 7.82. The van der Waals surface area contributed by atoms with Crippen LogP contribution in [0.5, 0.6) is 0 Å². The minimum absolute atomic E-state index is 0.0296. The molecule has 2 aromatic rings. The van der Waals surface area contributed by atoms with Crippen LogP contribution in [0.3, 0.4) is 0 Å². The summed E-state index contributed by atoms with van der Waals surface area (Å²) in [6.07, 6.45) is 2.55. The Morgan fingerprint density at radius 3 is 2.90 bits per heavy atom. The molecule has 2 N–H and O–H groups in total. The number of aryl methyl sites for hydroxylation is 1. The van der Waals surface area contributed by atoms with Gasteiger partial charge in [-0.25, -0.2) is 0 Å². The highest BCUT2D eigenvalue weighted by molar-refractivity contribution is 5.87. The van der Waals surface area contributed by atoms with Crippen LogP contribution in [-0.2, 0) is 18.3 Å². The van der Waals surface area contributed by atoms with Gasteiger partial charge in [0.1, 0.15) is 6.04 Å². The van der Waals surface area contributed by atoms with Crippen molar-refractivity contribution in [2.75, 3.05) is 5.32 Å². The molecule has 0 spiro atoms. The van der Waals surface area contributed by atoms with E-state index in [-0.39, 0.29) is 18.0 Å². The first-order valence-corrected chi connectivity index (χ1v) is 7.19. The van der Waals surface area contributed by atoms with E-state index < -0.39 is 0 Å². The average Bonchev–Trinajstić information content (AvgIpc) is 3.03. The Morgan fingerprint density at radius 2 is 2.24 bits per heavy atom. The van der Waals surface area contributed by atoms with Gasteiger partial charge in [-0.05, 0) is 25.5 Å². The first-order valence-electron chi connectivity index (χ1n) is 7.19. The predicted molar refractivity (Wildman–Crippen MR) is 82.1 cm³/mol. The smallest absolute Gasteiger partial charge is 0.243 e. The molecule has 5 nitrogen and oxygen atoms in total. The Morgan fingerprint density at radius 1 is 1.48 bits per heavy atom. The molecule has 3 rings (SSSR count). The van der Waals surface area contributed by atoms with Crippen molar-refractivity contribution in [2.24, 2.45) is 7.05 Å². The predicted octanol–water partition coefficient (Wildman–Crippen LogP) is 1.94. The quantitative estimate of drug-likeness (QED) is 0.905. The van der Waals surface area contributed by atoms with E-state index in [1.54, 1.807) is 0 Å². The molecule has 1 aromatic heterocycles. The molecule has 5 heteroatoms.